The second kappa shape index (κ2) is 11.0. The highest BCUT2D eigenvalue weighted by molar-refractivity contribution is 7.84. The number of thiazole rings is 1. The van der Waals surface area contributed by atoms with Gasteiger partial charge in [0.1, 0.15) is 23.5 Å². The Morgan fingerprint density at radius 3 is 2.58 bits per heavy atom. The molecule has 1 saturated heterocycles. The van der Waals surface area contributed by atoms with Gasteiger partial charge in [-0.1, -0.05) is 5.16 Å². The largest absolute Gasteiger partial charge is 0.478 e. The lowest BCUT2D eigenvalue weighted by Gasteiger charge is -2.43. The molecule has 2 saturated carbocycles. The number of nitrogens with zero attached hydrogens (tertiary/aromatic N) is 7. The van der Waals surface area contributed by atoms with Crippen molar-refractivity contribution in [1.82, 2.24) is 34.5 Å². The van der Waals surface area contributed by atoms with Crippen molar-refractivity contribution < 1.29 is 37.3 Å². The zero-order valence-corrected chi connectivity index (χ0v) is 23.9. The van der Waals surface area contributed by atoms with Crippen LogP contribution in [0.2, 0.25) is 0 Å². The van der Waals surface area contributed by atoms with Crippen molar-refractivity contribution in [2.24, 2.45) is 16.6 Å². The van der Waals surface area contributed by atoms with Crippen molar-refractivity contribution >= 4 is 56.2 Å². The van der Waals surface area contributed by atoms with Crippen LogP contribution in [0.1, 0.15) is 37.1 Å². The van der Waals surface area contributed by atoms with Crippen LogP contribution >= 0.6 is 11.3 Å². The van der Waals surface area contributed by atoms with Gasteiger partial charge in [-0.15, -0.1) is 11.3 Å². The fourth-order valence-corrected chi connectivity index (χ4v) is 6.09. The number of nitrogen functional groups attached to an aromatic ring is 1. The molecule has 0 aromatic carbocycles. The second-order valence-electron chi connectivity index (χ2n) is 10.3. The third-order valence-corrected chi connectivity index (χ3v) is 8.88. The summed E-state index contributed by atoms with van der Waals surface area (Å²) < 4.78 is 33.8. The van der Waals surface area contributed by atoms with Gasteiger partial charge in [0.05, 0.1) is 19.3 Å². The normalized spacial score (nSPS) is 24.5. The number of carboxylic acid groups (broad SMARTS) is 1. The number of hydrogen-bond acceptors (Lipinski definition) is 14. The lowest BCUT2D eigenvalue weighted by atomic mass is 9.86. The van der Waals surface area contributed by atoms with Crippen molar-refractivity contribution in [1.29, 1.82) is 5.41 Å². The molecule has 43 heavy (non-hydrogen) atoms. The van der Waals surface area contributed by atoms with Crippen molar-refractivity contribution in [2.45, 2.75) is 68.5 Å². The number of carboxylic acids is 1. The Labute approximate surface area is 247 Å². The molecule has 3 heterocycles. The molecule has 1 aliphatic heterocycles. The summed E-state index contributed by atoms with van der Waals surface area (Å²) in [6.45, 7) is -0.257. The third-order valence-electron chi connectivity index (χ3n) is 7.26. The van der Waals surface area contributed by atoms with E-state index >= 15 is 0 Å². The molecule has 232 valence electrons. The summed E-state index contributed by atoms with van der Waals surface area (Å²) >= 11 is 0.961. The van der Waals surface area contributed by atoms with Crippen LogP contribution in [-0.4, -0.2) is 106 Å². The number of aliphatic carboxylic acids is 1. The van der Waals surface area contributed by atoms with Crippen LogP contribution in [0, 0.1) is 5.41 Å². The van der Waals surface area contributed by atoms with E-state index in [4.69, 9.17) is 27.4 Å². The predicted octanol–water partition coefficient (Wildman–Crippen LogP) is -2.96. The molecule has 22 heteroatoms. The monoisotopic (exact) mass is 640 g/mol. The quantitative estimate of drug-likeness (QED) is 0.0400. The number of anilines is 1. The Morgan fingerprint density at radius 1 is 1.35 bits per heavy atom. The number of oxime groups is 1. The van der Waals surface area contributed by atoms with Gasteiger partial charge in [-0.3, -0.25) is 19.6 Å². The first-order valence-electron chi connectivity index (χ1n) is 12.8. The van der Waals surface area contributed by atoms with Crippen LogP contribution in [0.5, 0.6) is 0 Å². The van der Waals surface area contributed by atoms with Gasteiger partial charge in [-0.05, 0) is 12.8 Å². The zero-order chi connectivity index (χ0) is 31.3. The molecule has 2 atom stereocenters. The fourth-order valence-electron chi connectivity index (χ4n) is 4.67. The van der Waals surface area contributed by atoms with E-state index in [-0.39, 0.29) is 59.1 Å². The summed E-state index contributed by atoms with van der Waals surface area (Å²) in [5, 5.41) is 33.1. The summed E-state index contributed by atoms with van der Waals surface area (Å²) in [4.78, 5) is 49.3. The molecule has 2 amide bonds. The van der Waals surface area contributed by atoms with E-state index in [0.717, 1.165) is 16.1 Å². The number of nitrogens with one attached hydrogen (secondary N) is 2. The molecule has 2 aliphatic carbocycles. The van der Waals surface area contributed by atoms with Crippen molar-refractivity contribution in [3.8, 4) is 0 Å². The van der Waals surface area contributed by atoms with Crippen LogP contribution in [-0.2, 0) is 42.6 Å². The lowest BCUT2D eigenvalue weighted by molar-refractivity contribution is -0.153. The minimum atomic E-state index is -5.04. The van der Waals surface area contributed by atoms with Gasteiger partial charge in [0.15, 0.2) is 16.8 Å². The van der Waals surface area contributed by atoms with E-state index in [2.05, 4.69) is 25.7 Å². The number of carbonyl (C=O) groups excluding carboxylic acids is 2. The van der Waals surface area contributed by atoms with E-state index in [1.807, 2.05) is 0 Å². The Morgan fingerprint density at radius 2 is 2.05 bits per heavy atom. The van der Waals surface area contributed by atoms with Gasteiger partial charge in [0, 0.05) is 30.3 Å². The number of nitrogens with two attached hydrogens (primary N) is 3. The van der Waals surface area contributed by atoms with Crippen LogP contribution < -0.4 is 22.5 Å². The summed E-state index contributed by atoms with van der Waals surface area (Å²) in [5.74, 6) is -3.66. The maximum absolute atomic E-state index is 13.3. The first-order chi connectivity index (χ1) is 20.2. The number of rotatable bonds is 12. The van der Waals surface area contributed by atoms with Gasteiger partial charge < -0.3 is 37.4 Å². The lowest BCUT2D eigenvalue weighted by Crippen LogP contribution is -2.73. The van der Waals surface area contributed by atoms with Crippen LogP contribution in [0.25, 0.3) is 0 Å². The summed E-state index contributed by atoms with van der Waals surface area (Å²) in [5.41, 5.74) is 15.4. The van der Waals surface area contributed by atoms with Crippen LogP contribution in [0.15, 0.2) is 16.7 Å². The molecular formula is C21H28N12O8S2. The smallest absolute Gasteiger partial charge is 0.362 e. The van der Waals surface area contributed by atoms with E-state index in [1.165, 1.54) is 11.6 Å². The fraction of sp³-hybridized carbons (Fsp3) is 0.524. The molecule has 2 aromatic heterocycles. The van der Waals surface area contributed by atoms with E-state index < -0.39 is 51.5 Å². The molecular weight excluding hydrogens is 612 g/mol. The average Bonchev–Trinajstić information content (AvgIpc) is 3.37. The van der Waals surface area contributed by atoms with E-state index in [1.54, 1.807) is 4.90 Å². The minimum Gasteiger partial charge on any atom is -0.478 e. The number of hydrogen-bond donors (Lipinski definition) is 7. The highest BCUT2D eigenvalue weighted by Crippen LogP contribution is 2.40. The zero-order valence-electron chi connectivity index (χ0n) is 22.2. The Kier molecular flexibility index (Phi) is 7.70. The molecule has 0 unspecified atom stereocenters. The molecule has 0 bridgehead atoms. The predicted molar refractivity (Wildman–Crippen MR) is 146 cm³/mol. The summed E-state index contributed by atoms with van der Waals surface area (Å²) in [6.07, 6.45) is 2.96. The average molecular weight is 641 g/mol. The summed E-state index contributed by atoms with van der Waals surface area (Å²) in [6, 6.07) is -2.90. The van der Waals surface area contributed by atoms with Crippen molar-refractivity contribution in [2.75, 3.05) is 5.73 Å². The highest BCUT2D eigenvalue weighted by Gasteiger charge is 2.56. The number of guanidine groups is 1. The first kappa shape index (κ1) is 30.1. The molecule has 0 spiro atoms. The molecule has 0 radical (unpaired) electrons. The first-order valence-corrected chi connectivity index (χ1v) is 15.0. The second-order valence-corrected chi connectivity index (χ2v) is 12.5. The third kappa shape index (κ3) is 6.07. The van der Waals surface area contributed by atoms with Crippen molar-refractivity contribution in [3.63, 3.8) is 0 Å². The maximum Gasteiger partial charge on any atom is 0.362 e. The van der Waals surface area contributed by atoms with Gasteiger partial charge in [-0.25, -0.2) is 14.1 Å². The molecule has 10 N–H and O–H groups in total. The van der Waals surface area contributed by atoms with Gasteiger partial charge in [-0.2, -0.15) is 23.4 Å². The van der Waals surface area contributed by atoms with Crippen molar-refractivity contribution in [3.05, 3.63) is 23.0 Å². The number of β-lactam (4-membered cyclic amide) rings is 1. The van der Waals surface area contributed by atoms with Gasteiger partial charge >= 0.3 is 16.3 Å². The number of aromatic nitrogens is 4. The molecule has 3 aliphatic rings. The maximum atomic E-state index is 13.3. The van der Waals surface area contributed by atoms with E-state index in [9.17, 15) is 32.5 Å². The van der Waals surface area contributed by atoms with Gasteiger partial charge in [0.2, 0.25) is 5.60 Å². The molecule has 5 rings (SSSR count). The van der Waals surface area contributed by atoms with E-state index in [0.29, 0.717) is 18.5 Å². The highest BCUT2D eigenvalue weighted by atomic mass is 32.2. The Hall–Kier alpha value is -4.41. The Balaban J connectivity index is 1.33. The minimum absolute atomic E-state index is 0.00855. The number of amides is 2. The molecule has 20 nitrogen and oxygen atoms in total. The molecule has 2 aromatic rings. The van der Waals surface area contributed by atoms with Crippen LogP contribution in [0.4, 0.5) is 5.13 Å². The number of carbonyl (C=O) groups is 3. The Bertz CT molecular complexity index is 1600. The van der Waals surface area contributed by atoms with Crippen LogP contribution in [0.3, 0.4) is 0 Å². The summed E-state index contributed by atoms with van der Waals surface area (Å²) in [7, 11) is -5.04. The molecule has 3 fully saturated rings. The SMILES string of the molecule is N=C(N)N(Cc1cnn(C[C@H]2[C@H](NC(=O)C(=NOC3(C(=O)O)CC3)c3csc(N)n3)C(=O)N2S(=O)(=O)O)n1)C1CC(N)C1. The standard InChI is InChI=1S/C21H28N12O8S2/c22-9-3-11(4-9)31(19(23)24)6-10-5-26-32(29-10)7-13-15(17(35)33(13)43(38,39)40)28-16(34)14(12-8-42-20(25)27-12)30-41-21(1-2-21)18(36)37/h5,8-9,11,13,15H,1-4,6-7,22H2,(H3,23,24)(H2,25,27)(H,28,34)(H,36,37)(H,38,39,40)/t9?,11?,13-,15-/m0/s1. The topological polar surface area (TPSA) is 311 Å². The van der Waals surface area contributed by atoms with Gasteiger partial charge in [0.25, 0.3) is 11.8 Å².